The Morgan fingerprint density at radius 3 is 2.13 bits per heavy atom. The van der Waals surface area contributed by atoms with Crippen molar-refractivity contribution in [1.29, 1.82) is 0 Å². The third kappa shape index (κ3) is 7.11. The molecule has 0 atom stereocenters. The number of aromatic nitrogens is 2. The summed E-state index contributed by atoms with van der Waals surface area (Å²) in [6, 6.07) is 14.2. The fourth-order valence-corrected chi connectivity index (χ4v) is 3.29. The Bertz CT molecular complexity index is 1070. The van der Waals surface area contributed by atoms with Gasteiger partial charge in [0.15, 0.2) is 5.11 Å². The number of guanidine groups is 1. The molecule has 3 N–H and O–H groups in total. The molecule has 6 nitrogen and oxygen atoms in total. The molecule has 0 unspecified atom stereocenters. The summed E-state index contributed by atoms with van der Waals surface area (Å²) in [6.45, 7) is 8.18. The van der Waals surface area contributed by atoms with Crippen molar-refractivity contribution in [3.63, 3.8) is 0 Å². The SMILES string of the molecule is Cc1cc(C)cc(NC(=S)NC(=NCc2ccc(F)cc2)Nc2nc(C)cc(C)n2)c1. The molecule has 0 bridgehead atoms. The first-order chi connectivity index (χ1) is 14.8. The van der Waals surface area contributed by atoms with E-state index in [1.807, 2.05) is 45.9 Å². The largest absolute Gasteiger partial charge is 0.332 e. The Labute approximate surface area is 187 Å². The molecule has 0 amide bonds. The highest BCUT2D eigenvalue weighted by Gasteiger charge is 2.08. The Morgan fingerprint density at radius 1 is 0.903 bits per heavy atom. The van der Waals surface area contributed by atoms with Crippen LogP contribution in [-0.4, -0.2) is 21.0 Å². The zero-order valence-electron chi connectivity index (χ0n) is 18.0. The van der Waals surface area contributed by atoms with Crippen molar-refractivity contribution < 1.29 is 4.39 Å². The summed E-state index contributed by atoms with van der Waals surface area (Å²) in [5.74, 6) is 0.514. The summed E-state index contributed by atoms with van der Waals surface area (Å²) in [5, 5.41) is 9.73. The Kier molecular flexibility index (Phi) is 7.25. The summed E-state index contributed by atoms with van der Waals surface area (Å²) in [7, 11) is 0. The van der Waals surface area contributed by atoms with E-state index in [1.165, 1.54) is 12.1 Å². The van der Waals surface area contributed by atoms with Crippen LogP contribution in [0.25, 0.3) is 0 Å². The van der Waals surface area contributed by atoms with Crippen molar-refractivity contribution in [1.82, 2.24) is 15.3 Å². The van der Waals surface area contributed by atoms with Gasteiger partial charge in [-0.15, -0.1) is 0 Å². The molecule has 0 aliphatic carbocycles. The van der Waals surface area contributed by atoms with Crippen molar-refractivity contribution in [2.75, 3.05) is 10.6 Å². The molecule has 160 valence electrons. The second-order valence-electron chi connectivity index (χ2n) is 7.35. The van der Waals surface area contributed by atoms with Gasteiger partial charge < -0.3 is 10.6 Å². The lowest BCUT2D eigenvalue weighted by Crippen LogP contribution is -2.39. The number of hydrogen-bond acceptors (Lipinski definition) is 4. The summed E-state index contributed by atoms with van der Waals surface area (Å²) < 4.78 is 13.2. The van der Waals surface area contributed by atoms with Crippen LogP contribution in [-0.2, 0) is 6.54 Å². The van der Waals surface area contributed by atoms with Gasteiger partial charge in [-0.1, -0.05) is 18.2 Å². The average Bonchev–Trinajstić information content (AvgIpc) is 2.65. The lowest BCUT2D eigenvalue weighted by Gasteiger charge is -2.15. The summed E-state index contributed by atoms with van der Waals surface area (Å²) in [5.41, 5.74) is 5.69. The van der Waals surface area contributed by atoms with E-state index in [2.05, 4.69) is 37.0 Å². The molecule has 31 heavy (non-hydrogen) atoms. The summed E-state index contributed by atoms with van der Waals surface area (Å²) >= 11 is 5.48. The topological polar surface area (TPSA) is 74.2 Å². The number of hydrogen-bond donors (Lipinski definition) is 3. The first kappa shape index (κ1) is 22.3. The highest BCUT2D eigenvalue weighted by Crippen LogP contribution is 2.13. The van der Waals surface area contributed by atoms with Crippen LogP contribution in [0.1, 0.15) is 28.1 Å². The number of aliphatic imine (C=N–C) groups is 1. The van der Waals surface area contributed by atoms with E-state index in [1.54, 1.807) is 12.1 Å². The van der Waals surface area contributed by atoms with Gasteiger partial charge >= 0.3 is 0 Å². The molecule has 3 rings (SSSR count). The van der Waals surface area contributed by atoms with Crippen LogP contribution in [0.2, 0.25) is 0 Å². The zero-order chi connectivity index (χ0) is 22.4. The first-order valence-electron chi connectivity index (χ1n) is 9.81. The number of nitrogens with one attached hydrogen (secondary N) is 3. The Morgan fingerprint density at radius 2 is 1.52 bits per heavy atom. The van der Waals surface area contributed by atoms with Crippen molar-refractivity contribution in [2.24, 2.45) is 4.99 Å². The van der Waals surface area contributed by atoms with Gasteiger partial charge in [0.05, 0.1) is 6.54 Å². The summed E-state index contributed by atoms with van der Waals surface area (Å²) in [4.78, 5) is 13.4. The van der Waals surface area contributed by atoms with Crippen LogP contribution >= 0.6 is 12.2 Å². The van der Waals surface area contributed by atoms with E-state index in [-0.39, 0.29) is 5.82 Å². The van der Waals surface area contributed by atoms with Gasteiger partial charge in [0.2, 0.25) is 11.9 Å². The van der Waals surface area contributed by atoms with Gasteiger partial charge in [0.25, 0.3) is 0 Å². The Balaban J connectivity index is 1.78. The van der Waals surface area contributed by atoms with Crippen molar-refractivity contribution >= 4 is 34.9 Å². The predicted molar refractivity (Wildman–Crippen MR) is 128 cm³/mol. The second-order valence-corrected chi connectivity index (χ2v) is 7.75. The third-order valence-electron chi connectivity index (χ3n) is 4.26. The number of rotatable bonds is 4. The van der Waals surface area contributed by atoms with Crippen molar-refractivity contribution in [3.05, 3.63) is 82.4 Å². The van der Waals surface area contributed by atoms with Gasteiger partial charge in [0, 0.05) is 17.1 Å². The van der Waals surface area contributed by atoms with Gasteiger partial charge in [0.1, 0.15) is 5.82 Å². The number of thiocarbonyl (C=S) groups is 1. The van der Waals surface area contributed by atoms with Crippen LogP contribution in [0.15, 0.2) is 53.5 Å². The van der Waals surface area contributed by atoms with Crippen LogP contribution in [0, 0.1) is 33.5 Å². The van der Waals surface area contributed by atoms with Crippen LogP contribution in [0.5, 0.6) is 0 Å². The Hall–Kier alpha value is -3.39. The van der Waals surface area contributed by atoms with Crippen LogP contribution in [0.3, 0.4) is 0 Å². The van der Waals surface area contributed by atoms with E-state index in [9.17, 15) is 4.39 Å². The number of halogens is 1. The molecule has 2 aromatic carbocycles. The fraction of sp³-hybridized carbons (Fsp3) is 0.217. The van der Waals surface area contributed by atoms with E-state index in [0.29, 0.717) is 23.6 Å². The number of benzene rings is 2. The fourth-order valence-electron chi connectivity index (χ4n) is 3.07. The van der Waals surface area contributed by atoms with Crippen LogP contribution < -0.4 is 16.0 Å². The molecule has 0 saturated heterocycles. The van der Waals surface area contributed by atoms with Gasteiger partial charge in [-0.2, -0.15) is 0 Å². The molecule has 0 radical (unpaired) electrons. The minimum atomic E-state index is -0.285. The molecule has 0 spiro atoms. The second kappa shape index (κ2) is 10.1. The van der Waals surface area contributed by atoms with E-state index in [0.717, 1.165) is 33.8 Å². The molecule has 0 fully saturated rings. The summed E-state index contributed by atoms with van der Waals surface area (Å²) in [6.07, 6.45) is 0. The van der Waals surface area contributed by atoms with Crippen molar-refractivity contribution in [3.8, 4) is 0 Å². The van der Waals surface area contributed by atoms with E-state index < -0.39 is 0 Å². The lowest BCUT2D eigenvalue weighted by atomic mass is 10.1. The molecule has 1 heterocycles. The van der Waals surface area contributed by atoms with Gasteiger partial charge in [-0.3, -0.25) is 5.32 Å². The predicted octanol–water partition coefficient (Wildman–Crippen LogP) is 4.80. The molecule has 0 aliphatic rings. The molecule has 1 aromatic heterocycles. The monoisotopic (exact) mass is 436 g/mol. The highest BCUT2D eigenvalue weighted by molar-refractivity contribution is 7.80. The minimum absolute atomic E-state index is 0.285. The average molecular weight is 437 g/mol. The molecular formula is C23H25FN6S. The first-order valence-corrected chi connectivity index (χ1v) is 10.2. The number of nitrogens with zero attached hydrogens (tertiary/aromatic N) is 3. The molecular weight excluding hydrogens is 411 g/mol. The third-order valence-corrected chi connectivity index (χ3v) is 4.46. The molecule has 0 aliphatic heterocycles. The zero-order valence-corrected chi connectivity index (χ0v) is 18.8. The quantitative estimate of drug-likeness (QED) is 0.310. The lowest BCUT2D eigenvalue weighted by molar-refractivity contribution is 0.627. The maximum absolute atomic E-state index is 13.2. The number of aryl methyl sites for hydroxylation is 4. The minimum Gasteiger partial charge on any atom is -0.332 e. The molecule has 8 heteroatoms. The van der Waals surface area contributed by atoms with E-state index >= 15 is 0 Å². The van der Waals surface area contributed by atoms with Gasteiger partial charge in [-0.25, -0.2) is 19.4 Å². The van der Waals surface area contributed by atoms with Crippen LogP contribution in [0.4, 0.5) is 16.0 Å². The molecule has 3 aromatic rings. The smallest absolute Gasteiger partial charge is 0.229 e. The molecule has 0 saturated carbocycles. The normalized spacial score (nSPS) is 11.2. The maximum Gasteiger partial charge on any atom is 0.229 e. The number of anilines is 2. The van der Waals surface area contributed by atoms with Crippen molar-refractivity contribution in [2.45, 2.75) is 34.2 Å². The van der Waals surface area contributed by atoms with E-state index in [4.69, 9.17) is 12.2 Å². The standard InChI is InChI=1S/C23H25FN6S/c1-14-9-15(2)11-20(10-14)28-23(31)30-21(25-13-18-5-7-19(24)8-6-18)29-22-26-16(3)12-17(4)27-22/h5-12H,13H2,1-4H3,(H3,25,26,27,28,29,30,31). The maximum atomic E-state index is 13.2. The van der Waals surface area contributed by atoms with Gasteiger partial charge in [-0.05, 0) is 86.9 Å². The highest BCUT2D eigenvalue weighted by atomic mass is 32.1.